The number of hydrogen-bond acceptors (Lipinski definition) is 4. The summed E-state index contributed by atoms with van der Waals surface area (Å²) in [4.78, 5) is 15.9. The Morgan fingerprint density at radius 1 is 1.08 bits per heavy atom. The normalized spacial score (nSPS) is 31.2. The summed E-state index contributed by atoms with van der Waals surface area (Å²) in [6.45, 7) is 7.06. The highest BCUT2D eigenvalue weighted by atomic mass is 19.3. The topological polar surface area (TPSA) is 63.1 Å². The van der Waals surface area contributed by atoms with Crippen LogP contribution < -0.4 is 5.32 Å². The average molecular weight is 518 g/mol. The van der Waals surface area contributed by atoms with E-state index >= 15 is 0 Å². The second-order valence-corrected chi connectivity index (χ2v) is 11.2. The molecule has 3 fully saturated rings. The second kappa shape index (κ2) is 10.8. The fraction of sp³-hybridized carbons (Fsp3) is 0.690. The molecule has 3 unspecified atom stereocenters. The number of aromatic nitrogens is 3. The van der Waals surface area contributed by atoms with Gasteiger partial charge in [0.2, 0.25) is 11.8 Å². The van der Waals surface area contributed by atoms with E-state index in [-0.39, 0.29) is 0 Å². The first-order chi connectivity index (χ1) is 19.2. The number of rotatable bonds is 8. The van der Waals surface area contributed by atoms with Crippen molar-refractivity contribution in [2.24, 2.45) is 5.92 Å². The van der Waals surface area contributed by atoms with Crippen LogP contribution in [0.25, 0.3) is 0 Å². The number of halogens is 2. The molecule has 1 N–H and O–H groups in total. The molecule has 2 saturated heterocycles. The number of piperidine rings is 1. The summed E-state index contributed by atoms with van der Waals surface area (Å²) in [5, 5.41) is 11.8. The molecule has 5 rings (SSSR count). The van der Waals surface area contributed by atoms with Gasteiger partial charge in [-0.3, -0.25) is 9.69 Å². The molecule has 1 amide bonds. The highest BCUT2D eigenvalue weighted by Gasteiger charge is 2.42. The van der Waals surface area contributed by atoms with Gasteiger partial charge < -0.3 is 9.88 Å². The minimum absolute atomic E-state index is 0.294. The number of alkyl halides is 2. The lowest BCUT2D eigenvalue weighted by atomic mass is 9.86. The fourth-order valence-electron chi connectivity index (χ4n) is 6.45. The van der Waals surface area contributed by atoms with E-state index in [2.05, 4.69) is 38.8 Å². The SMILES string of the molecule is [2H]C1([2H])CC(C(=O)NC(CCN2C3CCC2CC(n2c(C)nnc2C(C)C)C3)c2ccccc2)CC([2H])([2H])C1(F)F. The van der Waals surface area contributed by atoms with Crippen LogP contribution in [-0.4, -0.2) is 50.1 Å². The summed E-state index contributed by atoms with van der Waals surface area (Å²) < 4.78 is 62.5. The predicted molar refractivity (Wildman–Crippen MR) is 139 cm³/mol. The van der Waals surface area contributed by atoms with Crippen molar-refractivity contribution in [3.05, 3.63) is 47.5 Å². The van der Waals surface area contributed by atoms with Gasteiger partial charge >= 0.3 is 0 Å². The molecule has 2 aliphatic heterocycles. The first kappa shape index (κ1) is 21.6. The number of amides is 1. The average Bonchev–Trinajstić information content (AvgIpc) is 3.40. The molecule has 3 heterocycles. The van der Waals surface area contributed by atoms with Crippen LogP contribution in [0.3, 0.4) is 0 Å². The standard InChI is InChI=1S/C29H41F2N5O/c1-19(2)27-34-33-20(3)36(27)25-17-23-9-10-24(18-25)35(23)16-13-26(21-7-5-4-6-8-21)32-28(37)22-11-14-29(30,31)15-12-22/h4-8,19,22-26H,9-18H2,1-3H3,(H,32,37)/i14D2,15D2. The van der Waals surface area contributed by atoms with E-state index in [0.29, 0.717) is 30.5 Å². The van der Waals surface area contributed by atoms with E-state index in [4.69, 9.17) is 5.48 Å². The van der Waals surface area contributed by atoms with Gasteiger partial charge in [0.25, 0.3) is 0 Å². The van der Waals surface area contributed by atoms with Crippen molar-refractivity contribution in [2.75, 3.05) is 6.54 Å². The van der Waals surface area contributed by atoms with E-state index in [1.165, 1.54) is 0 Å². The van der Waals surface area contributed by atoms with Gasteiger partial charge in [0, 0.05) is 54.7 Å². The van der Waals surface area contributed by atoms with Crippen LogP contribution >= 0.6 is 0 Å². The molecule has 1 aromatic heterocycles. The summed E-state index contributed by atoms with van der Waals surface area (Å²) in [7, 11) is 0. The highest BCUT2D eigenvalue weighted by molar-refractivity contribution is 5.79. The Bertz CT molecular complexity index is 1210. The molecule has 3 atom stereocenters. The van der Waals surface area contributed by atoms with Gasteiger partial charge in [0.1, 0.15) is 11.6 Å². The lowest BCUT2D eigenvalue weighted by Gasteiger charge is -2.40. The number of nitrogens with one attached hydrogen (secondary N) is 1. The maximum absolute atomic E-state index is 14.4. The quantitative estimate of drug-likeness (QED) is 0.470. The Morgan fingerprint density at radius 2 is 1.73 bits per heavy atom. The van der Waals surface area contributed by atoms with Crippen LogP contribution in [-0.2, 0) is 4.79 Å². The maximum Gasteiger partial charge on any atom is 0.248 e. The molecule has 1 saturated carbocycles. The number of carbonyl (C=O) groups is 1. The molecule has 1 aromatic carbocycles. The van der Waals surface area contributed by atoms with Crippen molar-refractivity contribution in [1.82, 2.24) is 25.0 Å². The number of nitrogens with zero attached hydrogens (tertiary/aromatic N) is 4. The van der Waals surface area contributed by atoms with E-state index in [1.54, 1.807) is 0 Å². The van der Waals surface area contributed by atoms with Gasteiger partial charge in [0.05, 0.1) is 6.04 Å². The fourth-order valence-corrected chi connectivity index (χ4v) is 6.45. The molecule has 37 heavy (non-hydrogen) atoms. The zero-order chi connectivity index (χ0) is 29.7. The van der Waals surface area contributed by atoms with Crippen LogP contribution in [0, 0.1) is 12.8 Å². The third-order valence-electron chi connectivity index (χ3n) is 8.34. The Balaban J connectivity index is 1.28. The minimum Gasteiger partial charge on any atom is -0.349 e. The third-order valence-corrected chi connectivity index (χ3v) is 8.34. The van der Waals surface area contributed by atoms with E-state index in [9.17, 15) is 13.6 Å². The molecule has 202 valence electrons. The van der Waals surface area contributed by atoms with Gasteiger partial charge in [-0.05, 0) is 57.4 Å². The van der Waals surface area contributed by atoms with E-state index in [1.807, 2.05) is 37.3 Å². The number of aryl methyl sites for hydroxylation is 1. The molecular formula is C29H41F2N5O. The van der Waals surface area contributed by atoms with Gasteiger partial charge in [0.15, 0.2) is 0 Å². The van der Waals surface area contributed by atoms with Gasteiger partial charge in [-0.15, -0.1) is 10.2 Å². The van der Waals surface area contributed by atoms with Crippen molar-refractivity contribution in [2.45, 2.75) is 114 Å². The van der Waals surface area contributed by atoms with Crippen LogP contribution in [0.2, 0.25) is 0 Å². The van der Waals surface area contributed by atoms with Gasteiger partial charge in [-0.2, -0.15) is 0 Å². The highest BCUT2D eigenvalue weighted by Crippen LogP contribution is 2.42. The smallest absolute Gasteiger partial charge is 0.248 e. The second-order valence-electron chi connectivity index (χ2n) is 11.2. The van der Waals surface area contributed by atoms with Crippen LogP contribution in [0.1, 0.15) is 112 Å². The van der Waals surface area contributed by atoms with Crippen LogP contribution in [0.15, 0.2) is 30.3 Å². The molecule has 6 nitrogen and oxygen atoms in total. The number of carbonyl (C=O) groups excluding carboxylic acids is 1. The predicted octanol–water partition coefficient (Wildman–Crippen LogP) is 5.95. The molecule has 8 heteroatoms. The lowest BCUT2D eigenvalue weighted by Crippen LogP contribution is -2.45. The number of hydrogen-bond donors (Lipinski definition) is 1. The number of fused-ring (bicyclic) bond motifs is 2. The molecule has 3 aliphatic rings. The Hall–Kier alpha value is -2.35. The maximum atomic E-state index is 14.4. The monoisotopic (exact) mass is 517 g/mol. The molecule has 2 aromatic rings. The summed E-state index contributed by atoms with van der Waals surface area (Å²) in [6.07, 6.45) is -2.79. The van der Waals surface area contributed by atoms with Crippen molar-refractivity contribution in [3.8, 4) is 0 Å². The van der Waals surface area contributed by atoms with Crippen LogP contribution in [0.5, 0.6) is 0 Å². The molecule has 2 bridgehead atoms. The van der Waals surface area contributed by atoms with Crippen molar-refractivity contribution >= 4 is 5.91 Å². The zero-order valence-electron chi connectivity index (χ0n) is 26.0. The Kier molecular flexibility index (Phi) is 6.29. The van der Waals surface area contributed by atoms with E-state index < -0.39 is 49.4 Å². The van der Waals surface area contributed by atoms with Crippen molar-refractivity contribution < 1.29 is 19.1 Å². The zero-order valence-corrected chi connectivity index (χ0v) is 22.0. The van der Waals surface area contributed by atoms with Crippen molar-refractivity contribution in [3.63, 3.8) is 0 Å². The molecule has 1 aliphatic carbocycles. The Morgan fingerprint density at radius 3 is 2.35 bits per heavy atom. The summed E-state index contributed by atoms with van der Waals surface area (Å²) >= 11 is 0. The third kappa shape index (κ3) is 5.74. The van der Waals surface area contributed by atoms with Gasteiger partial charge in [-0.25, -0.2) is 8.78 Å². The van der Waals surface area contributed by atoms with E-state index in [0.717, 1.165) is 49.4 Å². The summed E-state index contributed by atoms with van der Waals surface area (Å²) in [6, 6.07) is 10.3. The largest absolute Gasteiger partial charge is 0.349 e. The van der Waals surface area contributed by atoms with Gasteiger partial charge in [-0.1, -0.05) is 44.2 Å². The Labute approximate surface area is 224 Å². The lowest BCUT2D eigenvalue weighted by molar-refractivity contribution is -0.130. The van der Waals surface area contributed by atoms with Crippen molar-refractivity contribution in [1.29, 1.82) is 0 Å². The molecule has 0 spiro atoms. The summed E-state index contributed by atoms with van der Waals surface area (Å²) in [5.41, 5.74) is 0.886. The van der Waals surface area contributed by atoms with Crippen LogP contribution in [0.4, 0.5) is 8.78 Å². The first-order valence-corrected chi connectivity index (χ1v) is 13.6. The molecular weight excluding hydrogens is 472 g/mol. The molecule has 0 radical (unpaired) electrons. The number of benzene rings is 1. The summed E-state index contributed by atoms with van der Waals surface area (Å²) in [5.74, 6) is -3.65. The first-order valence-electron chi connectivity index (χ1n) is 15.6. The minimum atomic E-state index is -4.16.